The summed E-state index contributed by atoms with van der Waals surface area (Å²) in [4.78, 5) is 4.34. The largest absolute Gasteiger partial charge is 0.485 e. The normalized spacial score (nSPS) is 23.4. The van der Waals surface area contributed by atoms with Crippen LogP contribution in [0.3, 0.4) is 0 Å². The van der Waals surface area contributed by atoms with Gasteiger partial charge < -0.3 is 10.5 Å². The van der Waals surface area contributed by atoms with Crippen LogP contribution in [0.1, 0.15) is 24.5 Å². The highest BCUT2D eigenvalue weighted by atomic mass is 35.5. The van der Waals surface area contributed by atoms with Gasteiger partial charge in [-0.1, -0.05) is 0 Å². The summed E-state index contributed by atoms with van der Waals surface area (Å²) in [6.45, 7) is 0.643. The van der Waals surface area contributed by atoms with Gasteiger partial charge in [-0.15, -0.1) is 24.8 Å². The summed E-state index contributed by atoms with van der Waals surface area (Å²) in [5, 5.41) is 0. The van der Waals surface area contributed by atoms with Gasteiger partial charge in [0, 0.05) is 12.7 Å². The second kappa shape index (κ2) is 4.16. The molecule has 1 aliphatic carbocycles. The van der Waals surface area contributed by atoms with E-state index in [-0.39, 0.29) is 30.4 Å². The van der Waals surface area contributed by atoms with E-state index in [0.717, 1.165) is 24.3 Å². The van der Waals surface area contributed by atoms with Crippen molar-refractivity contribution in [3.8, 4) is 5.75 Å². The second-order valence-corrected chi connectivity index (χ2v) is 3.84. The molecule has 0 unspecified atom stereocenters. The maximum Gasteiger partial charge on any atom is 0.142 e. The van der Waals surface area contributed by atoms with E-state index in [4.69, 9.17) is 10.5 Å². The van der Waals surface area contributed by atoms with Crippen LogP contribution >= 0.6 is 24.8 Å². The zero-order chi connectivity index (χ0) is 8.89. The molecule has 2 heterocycles. The van der Waals surface area contributed by atoms with Crippen LogP contribution in [0.4, 0.5) is 0 Å². The first-order valence-corrected chi connectivity index (χ1v) is 4.70. The molecule has 3 nitrogen and oxygen atoms in total. The number of halogens is 2. The van der Waals surface area contributed by atoms with Crippen molar-refractivity contribution in [3.05, 3.63) is 24.0 Å². The highest BCUT2D eigenvalue weighted by Gasteiger charge is 2.57. The van der Waals surface area contributed by atoms with E-state index in [1.54, 1.807) is 0 Å². The monoisotopic (exact) mass is 248 g/mol. The van der Waals surface area contributed by atoms with E-state index in [1.165, 1.54) is 0 Å². The molecule has 1 saturated carbocycles. The molecule has 1 spiro atoms. The number of ether oxygens (including phenoxy) is 1. The fraction of sp³-hybridized carbons (Fsp3) is 0.500. The molecular formula is C10H14Cl2N2O. The number of rotatable bonds is 1. The molecule has 0 amide bonds. The first-order valence-electron chi connectivity index (χ1n) is 4.70. The van der Waals surface area contributed by atoms with Gasteiger partial charge in [-0.05, 0) is 25.0 Å². The zero-order valence-corrected chi connectivity index (χ0v) is 9.81. The molecular weight excluding hydrogens is 235 g/mol. The Balaban J connectivity index is 0.000000562. The molecule has 1 aromatic rings. The lowest BCUT2D eigenvalue weighted by molar-refractivity contribution is 0.184. The average Bonchev–Trinajstić information content (AvgIpc) is 2.83. The third-order valence-corrected chi connectivity index (χ3v) is 3.06. The molecule has 2 N–H and O–H groups in total. The van der Waals surface area contributed by atoms with Crippen molar-refractivity contribution in [2.24, 2.45) is 5.73 Å². The highest BCUT2D eigenvalue weighted by molar-refractivity contribution is 5.85. The minimum Gasteiger partial charge on any atom is -0.485 e. The van der Waals surface area contributed by atoms with Crippen LogP contribution in [0.15, 0.2) is 18.3 Å². The predicted molar refractivity (Wildman–Crippen MR) is 63.1 cm³/mol. The van der Waals surface area contributed by atoms with Gasteiger partial charge in [0.05, 0.1) is 11.6 Å². The van der Waals surface area contributed by atoms with E-state index in [2.05, 4.69) is 4.98 Å². The summed E-state index contributed by atoms with van der Waals surface area (Å²) in [6.07, 6.45) is 4.07. The third kappa shape index (κ3) is 1.69. The topological polar surface area (TPSA) is 48.1 Å². The lowest BCUT2D eigenvalue weighted by atomic mass is 9.98. The minimum absolute atomic E-state index is 0. The van der Waals surface area contributed by atoms with Crippen LogP contribution in [0.2, 0.25) is 0 Å². The fourth-order valence-electron chi connectivity index (χ4n) is 2.19. The molecule has 2 aliphatic rings. The first-order chi connectivity index (χ1) is 6.36. The Morgan fingerprint density at radius 2 is 2.20 bits per heavy atom. The van der Waals surface area contributed by atoms with Crippen LogP contribution in [0.25, 0.3) is 0 Å². The standard InChI is InChI=1S/C10H12N2O.2ClH/c11-6-7-9-8(2-1-5-12-9)13-10(7)3-4-10;;/h1-2,5,7H,3-4,6,11H2;2*1H/t7-;;/m1../s1. The van der Waals surface area contributed by atoms with Crippen molar-refractivity contribution in [2.45, 2.75) is 24.4 Å². The van der Waals surface area contributed by atoms with Crippen molar-refractivity contribution in [1.29, 1.82) is 0 Å². The third-order valence-electron chi connectivity index (χ3n) is 3.06. The lowest BCUT2D eigenvalue weighted by Gasteiger charge is -2.14. The second-order valence-electron chi connectivity index (χ2n) is 3.84. The molecule has 3 rings (SSSR count). The van der Waals surface area contributed by atoms with E-state index < -0.39 is 0 Å². The van der Waals surface area contributed by atoms with Crippen LogP contribution in [0.5, 0.6) is 5.75 Å². The fourth-order valence-corrected chi connectivity index (χ4v) is 2.19. The summed E-state index contributed by atoms with van der Waals surface area (Å²) in [6, 6.07) is 3.89. The zero-order valence-electron chi connectivity index (χ0n) is 8.18. The average molecular weight is 249 g/mol. The smallest absolute Gasteiger partial charge is 0.142 e. The number of nitrogens with two attached hydrogens (primary N) is 1. The van der Waals surface area contributed by atoms with Crippen molar-refractivity contribution in [1.82, 2.24) is 4.98 Å². The van der Waals surface area contributed by atoms with Gasteiger partial charge in [0.25, 0.3) is 0 Å². The van der Waals surface area contributed by atoms with Crippen molar-refractivity contribution < 1.29 is 4.74 Å². The lowest BCUT2D eigenvalue weighted by Crippen LogP contribution is -2.27. The van der Waals surface area contributed by atoms with Gasteiger partial charge >= 0.3 is 0 Å². The Bertz CT molecular complexity index is 355. The molecule has 0 saturated heterocycles. The number of hydrogen-bond donors (Lipinski definition) is 1. The summed E-state index contributed by atoms with van der Waals surface area (Å²) in [5.41, 5.74) is 6.84. The molecule has 0 radical (unpaired) electrons. The number of nitrogens with zero attached hydrogens (tertiary/aromatic N) is 1. The molecule has 1 aliphatic heterocycles. The molecule has 0 aromatic carbocycles. The summed E-state index contributed by atoms with van der Waals surface area (Å²) in [5.74, 6) is 1.26. The summed E-state index contributed by atoms with van der Waals surface area (Å²) >= 11 is 0. The van der Waals surface area contributed by atoms with Gasteiger partial charge in [0.15, 0.2) is 0 Å². The number of pyridine rings is 1. The minimum atomic E-state index is 0. The summed E-state index contributed by atoms with van der Waals surface area (Å²) in [7, 11) is 0. The van der Waals surface area contributed by atoms with Gasteiger partial charge in [-0.25, -0.2) is 0 Å². The highest BCUT2D eigenvalue weighted by Crippen LogP contribution is 2.56. The number of hydrogen-bond acceptors (Lipinski definition) is 3. The Hall–Kier alpha value is -0.510. The van der Waals surface area contributed by atoms with E-state index in [1.807, 2.05) is 18.3 Å². The molecule has 1 fully saturated rings. The van der Waals surface area contributed by atoms with E-state index in [0.29, 0.717) is 12.5 Å². The predicted octanol–water partition coefficient (Wildman–Crippen LogP) is 1.89. The van der Waals surface area contributed by atoms with Gasteiger partial charge in [0.1, 0.15) is 11.4 Å². The summed E-state index contributed by atoms with van der Waals surface area (Å²) < 4.78 is 5.87. The molecule has 0 bridgehead atoms. The van der Waals surface area contributed by atoms with Crippen molar-refractivity contribution in [3.63, 3.8) is 0 Å². The molecule has 84 valence electrons. The first kappa shape index (κ1) is 12.6. The quantitative estimate of drug-likeness (QED) is 0.826. The Labute approximate surface area is 101 Å². The number of fused-ring (bicyclic) bond motifs is 1. The molecule has 1 aromatic heterocycles. The van der Waals surface area contributed by atoms with Crippen LogP contribution in [0, 0.1) is 0 Å². The molecule has 1 atom stereocenters. The van der Waals surface area contributed by atoms with Crippen molar-refractivity contribution >= 4 is 24.8 Å². The van der Waals surface area contributed by atoms with Gasteiger partial charge in [-0.3, -0.25) is 4.98 Å². The van der Waals surface area contributed by atoms with Gasteiger partial charge in [0.2, 0.25) is 0 Å². The maximum atomic E-state index is 5.87. The Morgan fingerprint density at radius 1 is 1.47 bits per heavy atom. The number of aromatic nitrogens is 1. The molecule has 15 heavy (non-hydrogen) atoms. The Kier molecular flexibility index (Phi) is 3.48. The SMILES string of the molecule is Cl.Cl.NC[C@@H]1c2ncccc2OC12CC2. The molecule has 5 heteroatoms. The van der Waals surface area contributed by atoms with Crippen LogP contribution in [-0.4, -0.2) is 17.1 Å². The van der Waals surface area contributed by atoms with E-state index >= 15 is 0 Å². The van der Waals surface area contributed by atoms with E-state index in [9.17, 15) is 0 Å². The van der Waals surface area contributed by atoms with Crippen LogP contribution in [-0.2, 0) is 0 Å². The van der Waals surface area contributed by atoms with Crippen LogP contribution < -0.4 is 10.5 Å². The van der Waals surface area contributed by atoms with Gasteiger partial charge in [-0.2, -0.15) is 0 Å². The van der Waals surface area contributed by atoms with Crippen molar-refractivity contribution in [2.75, 3.05) is 6.54 Å². The maximum absolute atomic E-state index is 5.87. The Morgan fingerprint density at radius 3 is 2.80 bits per heavy atom.